The molecule has 0 unspecified atom stereocenters. The van der Waals surface area contributed by atoms with Gasteiger partial charge in [0.05, 0.1) is 10.9 Å². The molecule has 3 rings (SSSR count). The molecule has 0 spiro atoms. The van der Waals surface area contributed by atoms with E-state index in [-0.39, 0.29) is 5.91 Å². The second-order valence-corrected chi connectivity index (χ2v) is 5.54. The van der Waals surface area contributed by atoms with Gasteiger partial charge in [0.15, 0.2) is 0 Å². The fourth-order valence-corrected chi connectivity index (χ4v) is 2.55. The zero-order chi connectivity index (χ0) is 16.1. The third-order valence-corrected chi connectivity index (χ3v) is 3.73. The maximum Gasteiger partial charge on any atom is 0.237 e. The summed E-state index contributed by atoms with van der Waals surface area (Å²) in [5.41, 5.74) is 1.87. The Hall–Kier alpha value is -2.65. The second kappa shape index (κ2) is 7.07. The number of nitrogens with one attached hydrogen (secondary N) is 1. The van der Waals surface area contributed by atoms with E-state index in [1.807, 2.05) is 60.7 Å². The van der Waals surface area contributed by atoms with Crippen LogP contribution in [0.3, 0.4) is 0 Å². The number of aromatic nitrogens is 1. The van der Waals surface area contributed by atoms with Crippen LogP contribution in [0.25, 0.3) is 0 Å². The van der Waals surface area contributed by atoms with E-state index in [1.165, 1.54) is 6.20 Å². The smallest absolute Gasteiger partial charge is 0.237 e. The number of pyridine rings is 1. The highest BCUT2D eigenvalue weighted by molar-refractivity contribution is 6.30. The summed E-state index contributed by atoms with van der Waals surface area (Å²) in [5.74, 6) is -0.0386. The van der Waals surface area contributed by atoms with Crippen LogP contribution >= 0.6 is 11.6 Å². The van der Waals surface area contributed by atoms with Crippen molar-refractivity contribution >= 4 is 23.3 Å². The molecule has 1 aromatic heterocycles. The molecule has 0 fully saturated rings. The molecular formula is C19H15ClN2O. The van der Waals surface area contributed by atoms with Gasteiger partial charge in [-0.3, -0.25) is 4.79 Å². The maximum atomic E-state index is 12.8. The lowest BCUT2D eigenvalue weighted by Gasteiger charge is -2.17. The monoisotopic (exact) mass is 322 g/mol. The summed E-state index contributed by atoms with van der Waals surface area (Å²) in [5, 5.41) is 3.39. The molecule has 3 nitrogen and oxygen atoms in total. The molecule has 114 valence electrons. The maximum absolute atomic E-state index is 12.8. The van der Waals surface area contributed by atoms with E-state index in [0.29, 0.717) is 10.8 Å². The summed E-state index contributed by atoms with van der Waals surface area (Å²) < 4.78 is 0. The Morgan fingerprint density at radius 3 is 1.91 bits per heavy atom. The Morgan fingerprint density at radius 1 is 0.870 bits per heavy atom. The standard InChI is InChI=1S/C19H15ClN2O/c20-16-11-12-17(21-13-16)22-19(23)18(14-7-3-1-4-8-14)15-9-5-2-6-10-15/h1-13,18H,(H,21,22,23). The molecule has 1 N–H and O–H groups in total. The van der Waals surface area contributed by atoms with E-state index in [0.717, 1.165) is 11.1 Å². The molecule has 0 bridgehead atoms. The molecule has 3 aromatic rings. The number of hydrogen-bond acceptors (Lipinski definition) is 2. The predicted octanol–water partition coefficient (Wildman–Crippen LogP) is 4.51. The molecular weight excluding hydrogens is 308 g/mol. The first-order chi connectivity index (χ1) is 11.2. The Kier molecular flexibility index (Phi) is 4.69. The van der Waals surface area contributed by atoms with E-state index in [1.54, 1.807) is 12.1 Å². The lowest BCUT2D eigenvalue weighted by atomic mass is 9.90. The molecule has 0 atom stereocenters. The van der Waals surface area contributed by atoms with E-state index in [9.17, 15) is 4.79 Å². The van der Waals surface area contributed by atoms with Crippen LogP contribution in [-0.2, 0) is 4.79 Å². The number of rotatable bonds is 4. The highest BCUT2D eigenvalue weighted by atomic mass is 35.5. The van der Waals surface area contributed by atoms with Crippen molar-refractivity contribution in [2.24, 2.45) is 0 Å². The summed E-state index contributed by atoms with van der Waals surface area (Å²) in [4.78, 5) is 16.9. The summed E-state index contributed by atoms with van der Waals surface area (Å²) in [6.45, 7) is 0. The van der Waals surface area contributed by atoms with Gasteiger partial charge in [-0.15, -0.1) is 0 Å². The number of benzene rings is 2. The fraction of sp³-hybridized carbons (Fsp3) is 0.0526. The second-order valence-electron chi connectivity index (χ2n) is 5.11. The van der Waals surface area contributed by atoms with E-state index < -0.39 is 5.92 Å². The van der Waals surface area contributed by atoms with Crippen LogP contribution in [0.15, 0.2) is 79.0 Å². The van der Waals surface area contributed by atoms with Crippen molar-refractivity contribution in [3.05, 3.63) is 95.1 Å². The summed E-state index contributed by atoms with van der Waals surface area (Å²) in [6, 6.07) is 22.8. The highest BCUT2D eigenvalue weighted by Gasteiger charge is 2.22. The molecule has 23 heavy (non-hydrogen) atoms. The van der Waals surface area contributed by atoms with Gasteiger partial charge in [0.25, 0.3) is 0 Å². The quantitative estimate of drug-likeness (QED) is 0.768. The molecule has 2 aromatic carbocycles. The molecule has 0 saturated heterocycles. The fourth-order valence-electron chi connectivity index (χ4n) is 2.43. The van der Waals surface area contributed by atoms with Gasteiger partial charge in [-0.2, -0.15) is 0 Å². The zero-order valence-electron chi connectivity index (χ0n) is 12.3. The first kappa shape index (κ1) is 15.3. The first-order valence-corrected chi connectivity index (χ1v) is 7.64. The van der Waals surface area contributed by atoms with Crippen molar-refractivity contribution < 1.29 is 4.79 Å². The van der Waals surface area contributed by atoms with Gasteiger partial charge in [-0.25, -0.2) is 4.98 Å². The summed E-state index contributed by atoms with van der Waals surface area (Å²) in [7, 11) is 0. The topological polar surface area (TPSA) is 42.0 Å². The molecule has 0 aliphatic heterocycles. The van der Waals surface area contributed by atoms with Crippen LogP contribution < -0.4 is 5.32 Å². The average molecular weight is 323 g/mol. The molecule has 0 saturated carbocycles. The van der Waals surface area contributed by atoms with Crippen LogP contribution in [0.4, 0.5) is 5.82 Å². The van der Waals surface area contributed by atoms with Crippen LogP contribution in [0.1, 0.15) is 17.0 Å². The van der Waals surface area contributed by atoms with Crippen molar-refractivity contribution in [2.45, 2.75) is 5.92 Å². The van der Waals surface area contributed by atoms with Crippen molar-refractivity contribution in [1.82, 2.24) is 4.98 Å². The molecule has 1 amide bonds. The van der Waals surface area contributed by atoms with Crippen molar-refractivity contribution in [1.29, 1.82) is 0 Å². The Labute approximate surface area is 140 Å². The summed E-state index contributed by atoms with van der Waals surface area (Å²) >= 11 is 5.83. The average Bonchev–Trinajstić information content (AvgIpc) is 2.59. The molecule has 0 aliphatic carbocycles. The molecule has 4 heteroatoms. The lowest BCUT2D eigenvalue weighted by Crippen LogP contribution is -2.22. The summed E-state index contributed by atoms with van der Waals surface area (Å²) in [6.07, 6.45) is 1.51. The van der Waals surface area contributed by atoms with Crippen molar-refractivity contribution in [3.63, 3.8) is 0 Å². The molecule has 0 radical (unpaired) electrons. The van der Waals surface area contributed by atoms with E-state index >= 15 is 0 Å². The number of hydrogen-bond donors (Lipinski definition) is 1. The van der Waals surface area contributed by atoms with Gasteiger partial charge in [-0.1, -0.05) is 72.3 Å². The Balaban J connectivity index is 1.92. The van der Waals surface area contributed by atoms with Crippen molar-refractivity contribution in [2.75, 3.05) is 5.32 Å². The number of carbonyl (C=O) groups excluding carboxylic acids is 1. The number of amides is 1. The van der Waals surface area contributed by atoms with Gasteiger partial charge in [0.1, 0.15) is 5.82 Å². The van der Waals surface area contributed by atoms with Gasteiger partial charge in [0.2, 0.25) is 5.91 Å². The van der Waals surface area contributed by atoms with Crippen LogP contribution in [0, 0.1) is 0 Å². The normalized spacial score (nSPS) is 10.5. The third-order valence-electron chi connectivity index (χ3n) is 3.51. The SMILES string of the molecule is O=C(Nc1ccc(Cl)cn1)C(c1ccccc1)c1ccccc1. The van der Waals surface area contributed by atoms with E-state index in [4.69, 9.17) is 11.6 Å². The van der Waals surface area contributed by atoms with Crippen LogP contribution in [0.2, 0.25) is 5.02 Å². The Bertz CT molecular complexity index is 734. The first-order valence-electron chi connectivity index (χ1n) is 7.26. The number of carbonyl (C=O) groups is 1. The predicted molar refractivity (Wildman–Crippen MR) is 92.6 cm³/mol. The minimum Gasteiger partial charge on any atom is -0.310 e. The highest BCUT2D eigenvalue weighted by Crippen LogP contribution is 2.26. The molecule has 1 heterocycles. The largest absolute Gasteiger partial charge is 0.310 e. The van der Waals surface area contributed by atoms with Crippen LogP contribution in [0.5, 0.6) is 0 Å². The molecule has 0 aliphatic rings. The van der Waals surface area contributed by atoms with Gasteiger partial charge < -0.3 is 5.32 Å². The zero-order valence-corrected chi connectivity index (χ0v) is 13.1. The van der Waals surface area contributed by atoms with Gasteiger partial charge in [-0.05, 0) is 23.3 Å². The number of nitrogens with zero attached hydrogens (tertiary/aromatic N) is 1. The van der Waals surface area contributed by atoms with Crippen molar-refractivity contribution in [3.8, 4) is 0 Å². The lowest BCUT2D eigenvalue weighted by molar-refractivity contribution is -0.116. The van der Waals surface area contributed by atoms with E-state index in [2.05, 4.69) is 10.3 Å². The van der Waals surface area contributed by atoms with Gasteiger partial charge >= 0.3 is 0 Å². The minimum atomic E-state index is -0.394. The number of halogens is 1. The minimum absolute atomic E-state index is 0.128. The van der Waals surface area contributed by atoms with Crippen LogP contribution in [-0.4, -0.2) is 10.9 Å². The third kappa shape index (κ3) is 3.76. The Morgan fingerprint density at radius 2 is 1.43 bits per heavy atom. The van der Waals surface area contributed by atoms with Gasteiger partial charge in [0, 0.05) is 6.20 Å². The number of anilines is 1.